The van der Waals surface area contributed by atoms with Crippen molar-refractivity contribution in [3.63, 3.8) is 0 Å². The van der Waals surface area contributed by atoms with E-state index in [4.69, 9.17) is 15.2 Å². The van der Waals surface area contributed by atoms with Crippen LogP contribution in [0.15, 0.2) is 76.1 Å². The van der Waals surface area contributed by atoms with Crippen LogP contribution in [0.4, 0.5) is 18.9 Å². The molecule has 7 nitrogen and oxygen atoms in total. The van der Waals surface area contributed by atoms with E-state index < -0.39 is 46.8 Å². The average molecular weight is 504 g/mol. The third-order valence-corrected chi connectivity index (χ3v) is 6.09. The molecule has 0 saturated heterocycles. The van der Waals surface area contributed by atoms with Crippen LogP contribution in [-0.2, 0) is 25.2 Å². The number of halogens is 3. The molecule has 2 aromatic carbocycles. The topological polar surface area (TPSA) is 106 Å². The number of thioether (sulfide) groups is 1. The van der Waals surface area contributed by atoms with Crippen LogP contribution in [0.2, 0.25) is 0 Å². The van der Waals surface area contributed by atoms with Crippen LogP contribution in [-0.4, -0.2) is 32.4 Å². The van der Waals surface area contributed by atoms with Gasteiger partial charge in [-0.1, -0.05) is 30.3 Å². The standard InChI is InChI=1S/C24H20F3N3O4S/c1-33-22(31)19-18(13-7-5-4-6-8-13)15(12-28)21(29)30(20(19)23(32)34-2)17-10-9-14(35-3)11-16(17)24(25,26)27/h4-11,18H,29H2,1-3H3. The quantitative estimate of drug-likeness (QED) is 0.475. The molecule has 0 radical (unpaired) electrons. The minimum absolute atomic E-state index is 0.230. The second-order valence-electron chi connectivity index (χ2n) is 7.22. The summed E-state index contributed by atoms with van der Waals surface area (Å²) < 4.78 is 52.1. The van der Waals surface area contributed by atoms with E-state index in [1.807, 2.05) is 6.07 Å². The largest absolute Gasteiger partial charge is 0.466 e. The maximum atomic E-state index is 14.1. The zero-order chi connectivity index (χ0) is 25.9. The first kappa shape index (κ1) is 25.7. The lowest BCUT2D eigenvalue weighted by Crippen LogP contribution is -2.41. The fourth-order valence-corrected chi connectivity index (χ4v) is 4.27. The molecule has 0 saturated carbocycles. The molecule has 0 aliphatic carbocycles. The van der Waals surface area contributed by atoms with Gasteiger partial charge in [0.15, 0.2) is 0 Å². The number of nitriles is 1. The molecule has 1 heterocycles. The van der Waals surface area contributed by atoms with Crippen molar-refractivity contribution in [2.75, 3.05) is 25.4 Å². The number of anilines is 1. The molecule has 2 N–H and O–H groups in total. The number of ether oxygens (including phenoxy) is 2. The van der Waals surface area contributed by atoms with Gasteiger partial charge in [-0.3, -0.25) is 4.90 Å². The van der Waals surface area contributed by atoms with Gasteiger partial charge in [0.2, 0.25) is 0 Å². The molecule has 1 aliphatic rings. The number of nitrogens with two attached hydrogens (primary N) is 1. The lowest BCUT2D eigenvalue weighted by molar-refractivity contribution is -0.140. The minimum atomic E-state index is -4.85. The molecule has 1 unspecified atom stereocenters. The SMILES string of the molecule is COC(=O)C1=C(C(=O)OC)N(c2ccc(SC)cc2C(F)(F)F)C(N)=C(C#N)C1c1ccccc1. The van der Waals surface area contributed by atoms with E-state index in [9.17, 15) is 28.0 Å². The smallest absolute Gasteiger partial charge is 0.418 e. The van der Waals surface area contributed by atoms with Crippen molar-refractivity contribution < 1.29 is 32.2 Å². The van der Waals surface area contributed by atoms with Crippen LogP contribution < -0.4 is 10.6 Å². The van der Waals surface area contributed by atoms with E-state index in [0.717, 1.165) is 43.0 Å². The Morgan fingerprint density at radius 2 is 1.71 bits per heavy atom. The molecule has 35 heavy (non-hydrogen) atoms. The fourth-order valence-electron chi connectivity index (χ4n) is 3.83. The highest BCUT2D eigenvalue weighted by molar-refractivity contribution is 7.98. The third kappa shape index (κ3) is 4.70. The Morgan fingerprint density at radius 3 is 2.23 bits per heavy atom. The number of hydrogen-bond donors (Lipinski definition) is 1. The van der Waals surface area contributed by atoms with Gasteiger partial charge in [-0.2, -0.15) is 18.4 Å². The van der Waals surface area contributed by atoms with E-state index >= 15 is 0 Å². The van der Waals surface area contributed by atoms with Gasteiger partial charge in [0, 0.05) is 4.90 Å². The zero-order valence-corrected chi connectivity index (χ0v) is 19.7. The summed E-state index contributed by atoms with van der Waals surface area (Å²) in [6, 6.07) is 13.5. The summed E-state index contributed by atoms with van der Waals surface area (Å²) in [5, 5.41) is 9.99. The Morgan fingerprint density at radius 1 is 1.09 bits per heavy atom. The van der Waals surface area contributed by atoms with E-state index in [1.54, 1.807) is 36.6 Å². The first-order valence-electron chi connectivity index (χ1n) is 10.0. The summed E-state index contributed by atoms with van der Waals surface area (Å²) in [5.41, 5.74) is 3.84. The normalized spacial score (nSPS) is 16.1. The number of rotatable bonds is 5. The molecule has 0 fully saturated rings. The number of allylic oxidation sites excluding steroid dienone is 1. The molecular formula is C24H20F3N3O4S. The summed E-state index contributed by atoms with van der Waals surface area (Å²) in [4.78, 5) is 27.0. The molecule has 0 spiro atoms. The zero-order valence-electron chi connectivity index (χ0n) is 18.8. The summed E-state index contributed by atoms with van der Waals surface area (Å²) in [6.45, 7) is 0. The van der Waals surface area contributed by atoms with Crippen molar-refractivity contribution in [2.24, 2.45) is 5.73 Å². The third-order valence-electron chi connectivity index (χ3n) is 5.36. The Balaban J connectivity index is 2.48. The number of nitrogens with zero attached hydrogens (tertiary/aromatic N) is 2. The molecular weight excluding hydrogens is 483 g/mol. The lowest BCUT2D eigenvalue weighted by atomic mass is 9.80. The molecule has 11 heteroatoms. The Labute approximate surface area is 203 Å². The van der Waals surface area contributed by atoms with Gasteiger partial charge >= 0.3 is 18.1 Å². The molecule has 2 aromatic rings. The molecule has 1 atom stereocenters. The minimum Gasteiger partial charge on any atom is -0.466 e. The number of esters is 2. The first-order chi connectivity index (χ1) is 16.6. The van der Waals surface area contributed by atoms with Crippen molar-refractivity contribution in [3.05, 3.63) is 82.3 Å². The second-order valence-corrected chi connectivity index (χ2v) is 8.10. The van der Waals surface area contributed by atoms with Crippen molar-refractivity contribution in [1.82, 2.24) is 0 Å². The maximum absolute atomic E-state index is 14.1. The van der Waals surface area contributed by atoms with Gasteiger partial charge in [-0.05, 0) is 30.0 Å². The Bertz CT molecular complexity index is 1270. The Kier molecular flexibility index (Phi) is 7.45. The highest BCUT2D eigenvalue weighted by Crippen LogP contribution is 2.46. The number of hydrogen-bond acceptors (Lipinski definition) is 8. The number of benzene rings is 2. The summed E-state index contributed by atoms with van der Waals surface area (Å²) in [5.74, 6) is -3.79. The molecule has 0 amide bonds. The van der Waals surface area contributed by atoms with Gasteiger partial charge in [0.1, 0.15) is 11.5 Å². The fraction of sp³-hybridized carbons (Fsp3) is 0.208. The monoisotopic (exact) mass is 503 g/mol. The number of methoxy groups -OCH3 is 2. The van der Waals surface area contributed by atoms with Gasteiger partial charge < -0.3 is 15.2 Å². The van der Waals surface area contributed by atoms with Crippen LogP contribution in [0.25, 0.3) is 0 Å². The van der Waals surface area contributed by atoms with Crippen molar-refractivity contribution in [1.29, 1.82) is 5.26 Å². The van der Waals surface area contributed by atoms with Crippen LogP contribution >= 0.6 is 11.8 Å². The summed E-state index contributed by atoms with van der Waals surface area (Å²) >= 11 is 1.09. The highest BCUT2D eigenvalue weighted by atomic mass is 32.2. The van der Waals surface area contributed by atoms with E-state index in [2.05, 4.69) is 0 Å². The summed E-state index contributed by atoms with van der Waals surface area (Å²) in [7, 11) is 2.07. The maximum Gasteiger partial charge on any atom is 0.418 e. The molecule has 1 aliphatic heterocycles. The van der Waals surface area contributed by atoms with E-state index in [-0.39, 0.29) is 11.1 Å². The summed E-state index contributed by atoms with van der Waals surface area (Å²) in [6.07, 6.45) is -3.24. The van der Waals surface area contributed by atoms with Crippen LogP contribution in [0.3, 0.4) is 0 Å². The Hall–Kier alpha value is -3.91. The van der Waals surface area contributed by atoms with Crippen LogP contribution in [0.5, 0.6) is 0 Å². The van der Waals surface area contributed by atoms with Gasteiger partial charge in [-0.25, -0.2) is 9.59 Å². The van der Waals surface area contributed by atoms with Crippen LogP contribution in [0, 0.1) is 11.3 Å². The number of carbonyl (C=O) groups is 2. The van der Waals surface area contributed by atoms with Crippen molar-refractivity contribution >= 4 is 29.4 Å². The molecule has 0 aromatic heterocycles. The molecule has 3 rings (SSSR count). The van der Waals surface area contributed by atoms with Gasteiger partial charge in [-0.15, -0.1) is 11.8 Å². The number of alkyl halides is 3. The highest BCUT2D eigenvalue weighted by Gasteiger charge is 2.45. The molecule has 0 bridgehead atoms. The van der Waals surface area contributed by atoms with Crippen LogP contribution in [0.1, 0.15) is 17.0 Å². The number of carbonyl (C=O) groups excluding carboxylic acids is 2. The average Bonchev–Trinajstić information content (AvgIpc) is 2.86. The second kappa shape index (κ2) is 10.1. The van der Waals surface area contributed by atoms with Crippen molar-refractivity contribution in [3.8, 4) is 6.07 Å². The predicted octanol–water partition coefficient (Wildman–Crippen LogP) is 4.33. The first-order valence-corrected chi connectivity index (χ1v) is 11.2. The lowest BCUT2D eigenvalue weighted by Gasteiger charge is -2.37. The van der Waals surface area contributed by atoms with E-state index in [1.165, 1.54) is 6.07 Å². The van der Waals surface area contributed by atoms with E-state index in [0.29, 0.717) is 10.5 Å². The molecule has 182 valence electrons. The van der Waals surface area contributed by atoms with Crippen molar-refractivity contribution in [2.45, 2.75) is 17.0 Å². The predicted molar refractivity (Wildman–Crippen MR) is 123 cm³/mol. The van der Waals surface area contributed by atoms with Gasteiger partial charge in [0.25, 0.3) is 0 Å². The van der Waals surface area contributed by atoms with Gasteiger partial charge in [0.05, 0.1) is 48.6 Å².